The minimum atomic E-state index is -0.411. The lowest BCUT2D eigenvalue weighted by atomic mass is 9.99. The lowest BCUT2D eigenvalue weighted by Gasteiger charge is -2.16. The van der Waals surface area contributed by atoms with Gasteiger partial charge in [0, 0.05) is 11.6 Å². The highest BCUT2D eigenvalue weighted by Gasteiger charge is 2.21. The van der Waals surface area contributed by atoms with Crippen LogP contribution in [0.2, 0.25) is 5.02 Å². The topological polar surface area (TPSA) is 55.4 Å². The van der Waals surface area contributed by atoms with Crippen molar-refractivity contribution in [1.29, 1.82) is 0 Å². The van der Waals surface area contributed by atoms with Gasteiger partial charge in [0.15, 0.2) is 0 Å². The van der Waals surface area contributed by atoms with Crippen LogP contribution in [0.5, 0.6) is 0 Å². The van der Waals surface area contributed by atoms with Gasteiger partial charge in [0.25, 0.3) is 0 Å². The van der Waals surface area contributed by atoms with E-state index >= 15 is 0 Å². The molecule has 2 aromatic carbocycles. The van der Waals surface area contributed by atoms with Crippen molar-refractivity contribution in [1.82, 2.24) is 5.32 Å². The fourth-order valence-corrected chi connectivity index (χ4v) is 2.74. The Morgan fingerprint density at radius 3 is 2.48 bits per heavy atom. The Balaban J connectivity index is 1.94. The van der Waals surface area contributed by atoms with E-state index in [0.717, 1.165) is 11.1 Å². The summed E-state index contributed by atoms with van der Waals surface area (Å²) in [7, 11) is 0. The van der Waals surface area contributed by atoms with E-state index in [1.807, 2.05) is 42.5 Å². The third-order valence-electron chi connectivity index (χ3n) is 3.74. The molecule has 132 valence electrons. The van der Waals surface area contributed by atoms with E-state index in [0.29, 0.717) is 18.1 Å². The van der Waals surface area contributed by atoms with Gasteiger partial charge in [-0.2, -0.15) is 0 Å². The Labute approximate surface area is 153 Å². The first kappa shape index (κ1) is 19.0. The molecular weight excluding hydrogens is 338 g/mol. The first-order valence-corrected chi connectivity index (χ1v) is 8.68. The van der Waals surface area contributed by atoms with Gasteiger partial charge in [0.1, 0.15) is 0 Å². The molecule has 0 saturated heterocycles. The summed E-state index contributed by atoms with van der Waals surface area (Å²) in [6.07, 6.45) is 0.749. The van der Waals surface area contributed by atoms with Crippen molar-refractivity contribution < 1.29 is 14.3 Å². The average Bonchev–Trinajstić information content (AvgIpc) is 2.59. The molecule has 0 fully saturated rings. The Morgan fingerprint density at radius 1 is 1.08 bits per heavy atom. The number of esters is 1. The second-order valence-corrected chi connectivity index (χ2v) is 6.19. The van der Waals surface area contributed by atoms with Crippen LogP contribution in [0.15, 0.2) is 54.6 Å². The van der Waals surface area contributed by atoms with Gasteiger partial charge in [0.05, 0.1) is 18.9 Å². The monoisotopic (exact) mass is 359 g/mol. The lowest BCUT2D eigenvalue weighted by molar-refractivity contribution is -0.147. The summed E-state index contributed by atoms with van der Waals surface area (Å²) in [5, 5.41) is 3.42. The number of hydrogen-bond acceptors (Lipinski definition) is 3. The zero-order chi connectivity index (χ0) is 18.1. The smallest absolute Gasteiger partial charge is 0.311 e. The SMILES string of the molecule is CCOC(=O)C(CNC(=O)Cc1cccc(Cl)c1)Cc1ccccc1. The summed E-state index contributed by atoms with van der Waals surface area (Å²) >= 11 is 5.93. The standard InChI is InChI=1S/C20H22ClNO3/c1-2-25-20(24)17(11-15-7-4-3-5-8-15)14-22-19(23)13-16-9-6-10-18(21)12-16/h3-10,12,17H,2,11,13-14H2,1H3,(H,22,23). The Kier molecular flexibility index (Phi) is 7.48. The van der Waals surface area contributed by atoms with Gasteiger partial charge in [-0.1, -0.05) is 54.1 Å². The van der Waals surface area contributed by atoms with Crippen LogP contribution in [-0.4, -0.2) is 25.0 Å². The highest BCUT2D eigenvalue weighted by Crippen LogP contribution is 2.12. The molecular formula is C20H22ClNO3. The molecule has 1 unspecified atom stereocenters. The molecule has 25 heavy (non-hydrogen) atoms. The Morgan fingerprint density at radius 2 is 1.80 bits per heavy atom. The van der Waals surface area contributed by atoms with Crippen molar-refractivity contribution in [2.24, 2.45) is 5.92 Å². The van der Waals surface area contributed by atoms with Crippen LogP contribution in [0, 0.1) is 5.92 Å². The van der Waals surface area contributed by atoms with E-state index in [4.69, 9.17) is 16.3 Å². The van der Waals surface area contributed by atoms with Crippen molar-refractivity contribution in [2.75, 3.05) is 13.2 Å². The number of hydrogen-bond donors (Lipinski definition) is 1. The van der Waals surface area contributed by atoms with Gasteiger partial charge in [-0.3, -0.25) is 9.59 Å². The number of ether oxygens (including phenoxy) is 1. The second kappa shape index (κ2) is 9.84. The summed E-state index contributed by atoms with van der Waals surface area (Å²) < 4.78 is 5.13. The molecule has 2 aromatic rings. The number of benzene rings is 2. The van der Waals surface area contributed by atoms with Crippen molar-refractivity contribution in [2.45, 2.75) is 19.8 Å². The summed E-state index contributed by atoms with van der Waals surface area (Å²) in [6, 6.07) is 16.9. The summed E-state index contributed by atoms with van der Waals surface area (Å²) in [6.45, 7) is 2.34. The van der Waals surface area contributed by atoms with Gasteiger partial charge >= 0.3 is 5.97 Å². The minimum Gasteiger partial charge on any atom is -0.466 e. The predicted octanol–water partition coefficient (Wildman–Crippen LogP) is 3.42. The van der Waals surface area contributed by atoms with E-state index in [2.05, 4.69) is 5.32 Å². The van der Waals surface area contributed by atoms with Crippen molar-refractivity contribution in [3.05, 3.63) is 70.7 Å². The highest BCUT2D eigenvalue weighted by molar-refractivity contribution is 6.30. The van der Waals surface area contributed by atoms with Crippen LogP contribution in [0.4, 0.5) is 0 Å². The van der Waals surface area contributed by atoms with Gasteiger partial charge in [0.2, 0.25) is 5.91 Å². The van der Waals surface area contributed by atoms with Crippen molar-refractivity contribution in [3.63, 3.8) is 0 Å². The fraction of sp³-hybridized carbons (Fsp3) is 0.300. The van der Waals surface area contributed by atoms with Gasteiger partial charge < -0.3 is 10.1 Å². The molecule has 1 atom stereocenters. The molecule has 0 aromatic heterocycles. The van der Waals surface area contributed by atoms with Crippen molar-refractivity contribution in [3.8, 4) is 0 Å². The summed E-state index contributed by atoms with van der Waals surface area (Å²) in [5.41, 5.74) is 1.87. The quantitative estimate of drug-likeness (QED) is 0.735. The molecule has 4 nitrogen and oxygen atoms in total. The molecule has 0 bridgehead atoms. The van der Waals surface area contributed by atoms with E-state index < -0.39 is 5.92 Å². The molecule has 1 N–H and O–H groups in total. The Hall–Kier alpha value is -2.33. The van der Waals surface area contributed by atoms with E-state index in [-0.39, 0.29) is 24.8 Å². The molecule has 1 amide bonds. The first-order chi connectivity index (χ1) is 12.1. The minimum absolute atomic E-state index is 0.148. The van der Waals surface area contributed by atoms with Crippen molar-refractivity contribution >= 4 is 23.5 Å². The maximum absolute atomic E-state index is 12.2. The van der Waals surface area contributed by atoms with Crippen LogP contribution in [0.25, 0.3) is 0 Å². The van der Waals surface area contributed by atoms with Crippen LogP contribution in [0.3, 0.4) is 0 Å². The fourth-order valence-electron chi connectivity index (χ4n) is 2.53. The average molecular weight is 360 g/mol. The number of carbonyl (C=O) groups is 2. The zero-order valence-electron chi connectivity index (χ0n) is 14.2. The van der Waals surface area contributed by atoms with Gasteiger partial charge in [-0.05, 0) is 36.6 Å². The third-order valence-corrected chi connectivity index (χ3v) is 3.98. The number of nitrogens with one attached hydrogen (secondary N) is 1. The van der Waals surface area contributed by atoms with Crippen LogP contribution in [-0.2, 0) is 27.2 Å². The predicted molar refractivity (Wildman–Crippen MR) is 98.4 cm³/mol. The second-order valence-electron chi connectivity index (χ2n) is 5.75. The first-order valence-electron chi connectivity index (χ1n) is 8.30. The molecule has 0 aliphatic rings. The van der Waals surface area contributed by atoms with E-state index in [1.165, 1.54) is 0 Å². The zero-order valence-corrected chi connectivity index (χ0v) is 15.0. The van der Waals surface area contributed by atoms with Crippen LogP contribution < -0.4 is 5.32 Å². The van der Waals surface area contributed by atoms with E-state index in [1.54, 1.807) is 19.1 Å². The molecule has 0 spiro atoms. The van der Waals surface area contributed by atoms with Crippen LogP contribution >= 0.6 is 11.6 Å². The number of amides is 1. The van der Waals surface area contributed by atoms with Crippen LogP contribution in [0.1, 0.15) is 18.1 Å². The number of rotatable bonds is 8. The molecule has 0 aliphatic heterocycles. The number of halogens is 1. The third kappa shape index (κ3) is 6.59. The van der Waals surface area contributed by atoms with E-state index in [9.17, 15) is 9.59 Å². The maximum Gasteiger partial charge on any atom is 0.311 e. The number of carbonyl (C=O) groups excluding carboxylic acids is 2. The molecule has 0 saturated carbocycles. The molecule has 0 aliphatic carbocycles. The maximum atomic E-state index is 12.2. The molecule has 0 radical (unpaired) electrons. The molecule has 2 rings (SSSR count). The summed E-state index contributed by atoms with van der Waals surface area (Å²) in [5.74, 6) is -0.857. The molecule has 0 heterocycles. The lowest BCUT2D eigenvalue weighted by Crippen LogP contribution is -2.35. The largest absolute Gasteiger partial charge is 0.466 e. The highest BCUT2D eigenvalue weighted by atomic mass is 35.5. The molecule has 5 heteroatoms. The van der Waals surface area contributed by atoms with Gasteiger partial charge in [-0.25, -0.2) is 0 Å². The Bertz CT molecular complexity index is 703. The normalized spacial score (nSPS) is 11.6. The van der Waals surface area contributed by atoms with Gasteiger partial charge in [-0.15, -0.1) is 0 Å². The summed E-state index contributed by atoms with van der Waals surface area (Å²) in [4.78, 5) is 24.3.